The summed E-state index contributed by atoms with van der Waals surface area (Å²) in [5.74, 6) is -2.39. The van der Waals surface area contributed by atoms with Crippen molar-refractivity contribution >= 4 is 11.9 Å². The molecule has 5 nitrogen and oxygen atoms in total. The number of carboxylic acid groups (broad SMARTS) is 2. The zero-order valence-corrected chi connectivity index (χ0v) is 11.7. The standard InChI is InChI=1S/C15H21NO4/c1-12(15(19)20)10-16(11-14(17)18)9-5-8-13-6-3-2-4-7-13/h2-4,6-7,12H,5,8-11H2,1H3,(H,17,18)(H,19,20). The van der Waals surface area contributed by atoms with Crippen LogP contribution in [-0.4, -0.2) is 46.7 Å². The summed E-state index contributed by atoms with van der Waals surface area (Å²) in [5, 5.41) is 17.8. The Morgan fingerprint density at radius 1 is 1.20 bits per heavy atom. The van der Waals surface area contributed by atoms with Crippen molar-refractivity contribution in [3.8, 4) is 0 Å². The molecule has 1 aromatic rings. The van der Waals surface area contributed by atoms with Crippen molar-refractivity contribution in [1.82, 2.24) is 4.90 Å². The summed E-state index contributed by atoms with van der Waals surface area (Å²) in [7, 11) is 0. The van der Waals surface area contributed by atoms with Crippen LogP contribution in [0.3, 0.4) is 0 Å². The van der Waals surface area contributed by atoms with E-state index in [9.17, 15) is 9.59 Å². The van der Waals surface area contributed by atoms with E-state index in [1.165, 1.54) is 5.56 Å². The number of aliphatic carboxylic acids is 2. The van der Waals surface area contributed by atoms with E-state index in [1.54, 1.807) is 11.8 Å². The van der Waals surface area contributed by atoms with Crippen molar-refractivity contribution in [3.63, 3.8) is 0 Å². The van der Waals surface area contributed by atoms with Gasteiger partial charge in [0.1, 0.15) is 0 Å². The van der Waals surface area contributed by atoms with Crippen molar-refractivity contribution in [2.75, 3.05) is 19.6 Å². The van der Waals surface area contributed by atoms with Gasteiger partial charge in [0, 0.05) is 6.54 Å². The van der Waals surface area contributed by atoms with Crippen LogP contribution in [0.1, 0.15) is 18.9 Å². The predicted octanol–water partition coefficient (Wildman–Crippen LogP) is 1.73. The highest BCUT2D eigenvalue weighted by molar-refractivity contribution is 5.71. The van der Waals surface area contributed by atoms with E-state index >= 15 is 0 Å². The Bertz CT molecular complexity index is 433. The summed E-state index contributed by atoms with van der Waals surface area (Å²) in [5.41, 5.74) is 1.20. The first-order chi connectivity index (χ1) is 9.49. The molecule has 2 N–H and O–H groups in total. The number of benzene rings is 1. The van der Waals surface area contributed by atoms with Gasteiger partial charge in [-0.05, 0) is 24.9 Å². The van der Waals surface area contributed by atoms with Crippen LogP contribution in [-0.2, 0) is 16.0 Å². The molecule has 0 bridgehead atoms. The van der Waals surface area contributed by atoms with Crippen molar-refractivity contribution in [3.05, 3.63) is 35.9 Å². The molecule has 0 saturated carbocycles. The molecule has 1 atom stereocenters. The van der Waals surface area contributed by atoms with Gasteiger partial charge in [-0.15, -0.1) is 0 Å². The Morgan fingerprint density at radius 2 is 1.85 bits per heavy atom. The molecule has 0 fully saturated rings. The van der Waals surface area contributed by atoms with Crippen molar-refractivity contribution in [2.24, 2.45) is 5.92 Å². The van der Waals surface area contributed by atoms with E-state index in [1.807, 2.05) is 30.3 Å². The van der Waals surface area contributed by atoms with E-state index in [-0.39, 0.29) is 13.1 Å². The molecule has 0 aliphatic rings. The van der Waals surface area contributed by atoms with Gasteiger partial charge >= 0.3 is 11.9 Å². The summed E-state index contributed by atoms with van der Waals surface area (Å²) >= 11 is 0. The van der Waals surface area contributed by atoms with Crippen molar-refractivity contribution < 1.29 is 19.8 Å². The van der Waals surface area contributed by atoms with Crippen LogP contribution in [0.2, 0.25) is 0 Å². The van der Waals surface area contributed by atoms with E-state index in [0.29, 0.717) is 6.54 Å². The van der Waals surface area contributed by atoms with Gasteiger partial charge in [0.05, 0.1) is 12.5 Å². The van der Waals surface area contributed by atoms with Crippen LogP contribution < -0.4 is 0 Å². The lowest BCUT2D eigenvalue weighted by molar-refractivity contribution is -0.144. The molecule has 5 heteroatoms. The van der Waals surface area contributed by atoms with Crippen molar-refractivity contribution in [2.45, 2.75) is 19.8 Å². The van der Waals surface area contributed by atoms with Crippen molar-refractivity contribution in [1.29, 1.82) is 0 Å². The molecule has 0 saturated heterocycles. The Hall–Kier alpha value is -1.88. The zero-order chi connectivity index (χ0) is 15.0. The summed E-state index contributed by atoms with van der Waals surface area (Å²) < 4.78 is 0. The van der Waals surface area contributed by atoms with Gasteiger partial charge in [0.25, 0.3) is 0 Å². The fourth-order valence-corrected chi connectivity index (χ4v) is 2.04. The molecule has 0 aliphatic carbocycles. The summed E-state index contributed by atoms with van der Waals surface area (Å²) in [6, 6.07) is 9.95. The third kappa shape index (κ3) is 6.33. The molecule has 1 aromatic carbocycles. The summed E-state index contributed by atoms with van der Waals surface area (Å²) in [6.45, 7) is 2.32. The highest BCUT2D eigenvalue weighted by Gasteiger charge is 2.17. The van der Waals surface area contributed by atoms with Crippen LogP contribution in [0.15, 0.2) is 30.3 Å². The number of rotatable bonds is 9. The quantitative estimate of drug-likeness (QED) is 0.719. The van der Waals surface area contributed by atoms with Gasteiger partial charge in [-0.1, -0.05) is 37.3 Å². The summed E-state index contributed by atoms with van der Waals surface area (Å²) in [4.78, 5) is 23.3. The maximum absolute atomic E-state index is 10.8. The summed E-state index contributed by atoms with van der Waals surface area (Å²) in [6.07, 6.45) is 1.67. The number of hydrogen-bond donors (Lipinski definition) is 2. The minimum absolute atomic E-state index is 0.119. The van der Waals surface area contributed by atoms with Crippen LogP contribution in [0.25, 0.3) is 0 Å². The van der Waals surface area contributed by atoms with Gasteiger partial charge in [0.15, 0.2) is 0 Å². The first-order valence-electron chi connectivity index (χ1n) is 6.70. The average Bonchev–Trinajstić information content (AvgIpc) is 2.39. The number of carboxylic acids is 2. The Balaban J connectivity index is 2.44. The van der Waals surface area contributed by atoms with Crippen LogP contribution in [0.5, 0.6) is 0 Å². The molecule has 0 aromatic heterocycles. The zero-order valence-electron chi connectivity index (χ0n) is 11.7. The first kappa shape index (κ1) is 16.2. The van der Waals surface area contributed by atoms with Gasteiger partial charge in [0.2, 0.25) is 0 Å². The SMILES string of the molecule is CC(CN(CCCc1ccccc1)CC(=O)O)C(=O)O. The molecule has 1 rings (SSSR count). The molecule has 0 heterocycles. The third-order valence-electron chi connectivity index (χ3n) is 3.10. The van der Waals surface area contributed by atoms with E-state index in [4.69, 9.17) is 10.2 Å². The molecule has 20 heavy (non-hydrogen) atoms. The fraction of sp³-hybridized carbons (Fsp3) is 0.467. The highest BCUT2D eigenvalue weighted by Crippen LogP contribution is 2.06. The maximum Gasteiger partial charge on any atom is 0.317 e. The van der Waals surface area contributed by atoms with Gasteiger partial charge in [-0.25, -0.2) is 0 Å². The topological polar surface area (TPSA) is 77.8 Å². The van der Waals surface area contributed by atoms with E-state index in [0.717, 1.165) is 12.8 Å². The molecule has 0 spiro atoms. The maximum atomic E-state index is 10.8. The molecule has 0 amide bonds. The van der Waals surface area contributed by atoms with Crippen LogP contribution in [0.4, 0.5) is 0 Å². The normalized spacial score (nSPS) is 12.3. The fourth-order valence-electron chi connectivity index (χ4n) is 2.04. The second-order valence-electron chi connectivity index (χ2n) is 4.96. The minimum atomic E-state index is -0.928. The third-order valence-corrected chi connectivity index (χ3v) is 3.10. The Morgan fingerprint density at radius 3 is 2.40 bits per heavy atom. The highest BCUT2D eigenvalue weighted by atomic mass is 16.4. The molecular weight excluding hydrogens is 258 g/mol. The van der Waals surface area contributed by atoms with Crippen LogP contribution in [0, 0.1) is 5.92 Å². The molecule has 0 aliphatic heterocycles. The minimum Gasteiger partial charge on any atom is -0.481 e. The lowest BCUT2D eigenvalue weighted by atomic mass is 10.1. The molecular formula is C15H21NO4. The first-order valence-corrected chi connectivity index (χ1v) is 6.70. The molecule has 0 radical (unpaired) electrons. The number of carbonyl (C=O) groups is 2. The number of hydrogen-bond acceptors (Lipinski definition) is 3. The lowest BCUT2D eigenvalue weighted by Gasteiger charge is -2.22. The lowest BCUT2D eigenvalue weighted by Crippen LogP contribution is -2.36. The monoisotopic (exact) mass is 279 g/mol. The van der Waals surface area contributed by atoms with Gasteiger partial charge in [-0.3, -0.25) is 14.5 Å². The second-order valence-corrected chi connectivity index (χ2v) is 4.96. The number of nitrogens with zero attached hydrogens (tertiary/aromatic N) is 1. The van der Waals surface area contributed by atoms with Gasteiger partial charge in [-0.2, -0.15) is 0 Å². The predicted molar refractivity (Wildman–Crippen MR) is 75.6 cm³/mol. The second kappa shape index (κ2) is 8.32. The number of aryl methyl sites for hydroxylation is 1. The van der Waals surface area contributed by atoms with Crippen LogP contribution >= 0.6 is 0 Å². The molecule has 110 valence electrons. The smallest absolute Gasteiger partial charge is 0.317 e. The Kier molecular flexibility index (Phi) is 6.73. The Labute approximate surface area is 118 Å². The molecule has 1 unspecified atom stereocenters. The largest absolute Gasteiger partial charge is 0.481 e. The van der Waals surface area contributed by atoms with Gasteiger partial charge < -0.3 is 10.2 Å². The van der Waals surface area contributed by atoms with E-state index in [2.05, 4.69) is 0 Å². The van der Waals surface area contributed by atoms with E-state index < -0.39 is 17.9 Å². The average molecular weight is 279 g/mol.